The number of halogens is 2. The lowest BCUT2D eigenvalue weighted by Crippen LogP contribution is -2.33. The van der Waals surface area contributed by atoms with Crippen LogP contribution >= 0.6 is 35.0 Å². The minimum Gasteiger partial charge on any atom is -0.349 e. The van der Waals surface area contributed by atoms with Crippen molar-refractivity contribution in [3.8, 4) is 0 Å². The molecule has 0 unspecified atom stereocenters. The van der Waals surface area contributed by atoms with Crippen molar-refractivity contribution in [1.82, 2.24) is 20.1 Å². The summed E-state index contributed by atoms with van der Waals surface area (Å²) in [5.74, 6) is 1.47. The van der Waals surface area contributed by atoms with Crippen molar-refractivity contribution < 1.29 is 4.79 Å². The van der Waals surface area contributed by atoms with E-state index in [9.17, 15) is 4.79 Å². The van der Waals surface area contributed by atoms with Gasteiger partial charge in [-0.15, -0.1) is 10.2 Å². The third-order valence-corrected chi connectivity index (χ3v) is 5.95. The fourth-order valence-corrected chi connectivity index (χ4v) is 4.00. The Kier molecular flexibility index (Phi) is 5.61. The van der Waals surface area contributed by atoms with Gasteiger partial charge in [0.15, 0.2) is 5.16 Å². The van der Waals surface area contributed by atoms with E-state index in [2.05, 4.69) is 15.5 Å². The normalized spacial score (nSPS) is 16.5. The quantitative estimate of drug-likeness (QED) is 0.734. The zero-order chi connectivity index (χ0) is 18.1. The molecule has 8 heteroatoms. The van der Waals surface area contributed by atoms with E-state index in [1.165, 1.54) is 24.6 Å². The van der Waals surface area contributed by atoms with E-state index in [0.717, 1.165) is 16.5 Å². The van der Waals surface area contributed by atoms with Gasteiger partial charge in [0.2, 0.25) is 5.91 Å². The minimum absolute atomic E-state index is 0.0699. The fraction of sp³-hybridized carbons (Fsp3) is 0.471. The fourth-order valence-electron chi connectivity index (χ4n) is 2.60. The van der Waals surface area contributed by atoms with E-state index >= 15 is 0 Å². The molecule has 1 aliphatic carbocycles. The molecule has 2 aromatic rings. The number of carbonyl (C=O) groups excluding carboxylic acids is 1. The van der Waals surface area contributed by atoms with E-state index in [1.54, 1.807) is 12.1 Å². The van der Waals surface area contributed by atoms with Crippen LogP contribution in [0.5, 0.6) is 0 Å². The Labute approximate surface area is 161 Å². The Balaban J connectivity index is 1.62. The van der Waals surface area contributed by atoms with E-state index < -0.39 is 0 Å². The van der Waals surface area contributed by atoms with Crippen LogP contribution < -0.4 is 5.32 Å². The van der Waals surface area contributed by atoms with Crippen LogP contribution in [-0.2, 0) is 11.8 Å². The first kappa shape index (κ1) is 18.5. The average molecular weight is 399 g/mol. The maximum atomic E-state index is 12.5. The van der Waals surface area contributed by atoms with E-state index in [1.807, 2.05) is 31.5 Å². The molecule has 1 saturated carbocycles. The number of nitrogens with one attached hydrogen (secondary N) is 1. The number of nitrogens with zero attached hydrogens (tertiary/aromatic N) is 3. The molecule has 2 atom stereocenters. The van der Waals surface area contributed by atoms with Gasteiger partial charge in [0.1, 0.15) is 5.82 Å². The van der Waals surface area contributed by atoms with Crippen LogP contribution in [0.1, 0.15) is 50.0 Å². The molecule has 0 aliphatic heterocycles. The third-order valence-electron chi connectivity index (χ3n) is 4.25. The predicted octanol–water partition coefficient (Wildman–Crippen LogP) is 4.36. The number of carbonyl (C=O) groups is 1. The van der Waals surface area contributed by atoms with E-state index in [-0.39, 0.29) is 17.2 Å². The third kappa shape index (κ3) is 4.30. The van der Waals surface area contributed by atoms with Crippen molar-refractivity contribution in [1.29, 1.82) is 0 Å². The Hall–Kier alpha value is -1.24. The number of rotatable bonds is 6. The highest BCUT2D eigenvalue weighted by atomic mass is 35.5. The highest BCUT2D eigenvalue weighted by Crippen LogP contribution is 2.39. The van der Waals surface area contributed by atoms with Crippen molar-refractivity contribution in [2.45, 2.75) is 49.1 Å². The summed E-state index contributed by atoms with van der Waals surface area (Å²) in [5, 5.41) is 13.1. The number of hydrogen-bond acceptors (Lipinski definition) is 4. The smallest absolute Gasteiger partial charge is 0.233 e. The number of thioether (sulfide) groups is 1. The molecule has 1 fully saturated rings. The Morgan fingerprint density at radius 1 is 1.32 bits per heavy atom. The standard InChI is InChI=1S/C17H20Cl2N4OS/c1-9(13-7-6-12(18)8-14(13)19)20-16(24)10(2)25-17-22-21-15(23(17)3)11-4-5-11/h6-11H,4-5H2,1-3H3,(H,20,24)/t9-,10-/m0/s1. The van der Waals surface area contributed by atoms with Crippen LogP contribution in [0.2, 0.25) is 10.0 Å². The molecule has 134 valence electrons. The zero-order valence-corrected chi connectivity index (χ0v) is 16.6. The maximum Gasteiger partial charge on any atom is 0.233 e. The Bertz CT molecular complexity index is 791. The molecular formula is C17H20Cl2N4OS. The van der Waals surface area contributed by atoms with Gasteiger partial charge < -0.3 is 9.88 Å². The average Bonchev–Trinajstić information content (AvgIpc) is 3.32. The van der Waals surface area contributed by atoms with E-state index in [4.69, 9.17) is 23.2 Å². The lowest BCUT2D eigenvalue weighted by molar-refractivity contribution is -0.120. The lowest BCUT2D eigenvalue weighted by Gasteiger charge is -2.18. The summed E-state index contributed by atoms with van der Waals surface area (Å²) >= 11 is 13.5. The minimum atomic E-state index is -0.288. The van der Waals surface area contributed by atoms with Crippen LogP contribution in [0.3, 0.4) is 0 Å². The Morgan fingerprint density at radius 3 is 2.68 bits per heavy atom. The summed E-state index contributed by atoms with van der Waals surface area (Å²) < 4.78 is 1.99. The molecule has 0 bridgehead atoms. The maximum absolute atomic E-state index is 12.5. The van der Waals surface area contributed by atoms with Crippen LogP contribution in [-0.4, -0.2) is 25.9 Å². The molecule has 5 nitrogen and oxygen atoms in total. The number of hydrogen-bond donors (Lipinski definition) is 1. The summed E-state index contributed by atoms with van der Waals surface area (Å²) in [7, 11) is 1.96. The molecule has 1 aliphatic rings. The van der Waals surface area contributed by atoms with Gasteiger partial charge in [0.25, 0.3) is 0 Å². The van der Waals surface area contributed by atoms with Crippen molar-refractivity contribution in [2.24, 2.45) is 7.05 Å². The lowest BCUT2D eigenvalue weighted by atomic mass is 10.1. The summed E-state index contributed by atoms with van der Waals surface area (Å²) in [4.78, 5) is 12.5. The van der Waals surface area contributed by atoms with Gasteiger partial charge in [-0.2, -0.15) is 0 Å². The molecule has 1 aromatic heterocycles. The van der Waals surface area contributed by atoms with Gasteiger partial charge in [-0.25, -0.2) is 0 Å². The van der Waals surface area contributed by atoms with Gasteiger partial charge in [-0.05, 0) is 44.4 Å². The molecular weight excluding hydrogens is 379 g/mol. The summed E-state index contributed by atoms with van der Waals surface area (Å²) in [6, 6.07) is 5.07. The van der Waals surface area contributed by atoms with Gasteiger partial charge in [0, 0.05) is 23.0 Å². The molecule has 1 aromatic carbocycles. The first-order chi connectivity index (χ1) is 11.9. The van der Waals surface area contributed by atoms with E-state index in [0.29, 0.717) is 16.0 Å². The highest BCUT2D eigenvalue weighted by Gasteiger charge is 2.30. The van der Waals surface area contributed by atoms with Crippen LogP contribution in [0.15, 0.2) is 23.4 Å². The molecule has 0 spiro atoms. The summed E-state index contributed by atoms with van der Waals surface area (Å²) in [6.45, 7) is 3.76. The van der Waals surface area contributed by atoms with Gasteiger partial charge in [-0.1, -0.05) is 41.0 Å². The Morgan fingerprint density at radius 2 is 2.04 bits per heavy atom. The number of amides is 1. The zero-order valence-electron chi connectivity index (χ0n) is 14.3. The molecule has 25 heavy (non-hydrogen) atoms. The first-order valence-electron chi connectivity index (χ1n) is 8.18. The van der Waals surface area contributed by atoms with Crippen LogP contribution in [0, 0.1) is 0 Å². The van der Waals surface area contributed by atoms with Crippen molar-refractivity contribution in [3.63, 3.8) is 0 Å². The molecule has 0 saturated heterocycles. The van der Waals surface area contributed by atoms with Crippen LogP contribution in [0.25, 0.3) is 0 Å². The largest absolute Gasteiger partial charge is 0.349 e. The second kappa shape index (κ2) is 7.56. The summed E-state index contributed by atoms with van der Waals surface area (Å²) in [5.41, 5.74) is 0.839. The highest BCUT2D eigenvalue weighted by molar-refractivity contribution is 8.00. The van der Waals surface area contributed by atoms with Gasteiger partial charge >= 0.3 is 0 Å². The predicted molar refractivity (Wildman–Crippen MR) is 101 cm³/mol. The SMILES string of the molecule is C[C@H](Sc1nnc(C2CC2)n1C)C(=O)N[C@@H](C)c1ccc(Cl)cc1Cl. The second-order valence-electron chi connectivity index (χ2n) is 6.33. The van der Waals surface area contributed by atoms with Crippen molar-refractivity contribution >= 4 is 40.9 Å². The molecule has 0 radical (unpaired) electrons. The molecule has 3 rings (SSSR count). The number of benzene rings is 1. The number of aromatic nitrogens is 3. The van der Waals surface area contributed by atoms with Crippen LogP contribution in [0.4, 0.5) is 0 Å². The molecule has 1 heterocycles. The topological polar surface area (TPSA) is 59.8 Å². The monoisotopic (exact) mass is 398 g/mol. The van der Waals surface area contributed by atoms with Crippen molar-refractivity contribution in [2.75, 3.05) is 0 Å². The summed E-state index contributed by atoms with van der Waals surface area (Å²) in [6.07, 6.45) is 2.35. The first-order valence-corrected chi connectivity index (χ1v) is 9.81. The van der Waals surface area contributed by atoms with Gasteiger partial charge in [0.05, 0.1) is 11.3 Å². The second-order valence-corrected chi connectivity index (χ2v) is 8.48. The van der Waals surface area contributed by atoms with Crippen molar-refractivity contribution in [3.05, 3.63) is 39.6 Å². The molecule has 1 amide bonds. The molecule has 1 N–H and O–H groups in total. The van der Waals surface area contributed by atoms with Gasteiger partial charge in [-0.3, -0.25) is 4.79 Å².